The Hall–Kier alpha value is -2.14. The Morgan fingerprint density at radius 3 is 2.28 bits per heavy atom. The molecule has 8 nitrogen and oxygen atoms in total. The highest BCUT2D eigenvalue weighted by molar-refractivity contribution is 14.0. The van der Waals surface area contributed by atoms with Gasteiger partial charge in [0.2, 0.25) is 5.75 Å². The number of guanidine groups is 1. The summed E-state index contributed by atoms with van der Waals surface area (Å²) in [5.74, 6) is 3.55. The summed E-state index contributed by atoms with van der Waals surface area (Å²) in [5, 5.41) is 6.82. The molecule has 1 aliphatic rings. The number of rotatable bonds is 9. The van der Waals surface area contributed by atoms with Gasteiger partial charge in [-0.05, 0) is 55.8 Å². The van der Waals surface area contributed by atoms with Crippen LogP contribution in [-0.2, 0) is 6.54 Å². The van der Waals surface area contributed by atoms with Crippen molar-refractivity contribution in [2.75, 3.05) is 48.0 Å². The second-order valence-corrected chi connectivity index (χ2v) is 7.47. The Morgan fingerprint density at radius 1 is 1.06 bits per heavy atom. The van der Waals surface area contributed by atoms with E-state index in [-0.39, 0.29) is 30.0 Å². The molecule has 2 aromatic rings. The summed E-state index contributed by atoms with van der Waals surface area (Å²) >= 11 is 0. The smallest absolute Gasteiger partial charge is 0.203 e. The fourth-order valence-corrected chi connectivity index (χ4v) is 3.96. The molecule has 0 radical (unpaired) electrons. The lowest BCUT2D eigenvalue weighted by Gasteiger charge is -2.33. The van der Waals surface area contributed by atoms with Crippen LogP contribution in [0.5, 0.6) is 17.2 Å². The van der Waals surface area contributed by atoms with E-state index in [4.69, 9.17) is 18.6 Å². The number of ether oxygens (including phenoxy) is 3. The van der Waals surface area contributed by atoms with Gasteiger partial charge < -0.3 is 29.3 Å². The van der Waals surface area contributed by atoms with E-state index in [9.17, 15) is 0 Å². The van der Waals surface area contributed by atoms with Crippen LogP contribution in [-0.4, -0.2) is 58.9 Å². The molecule has 178 valence electrons. The van der Waals surface area contributed by atoms with Crippen molar-refractivity contribution in [3.05, 3.63) is 41.9 Å². The fraction of sp³-hybridized carbons (Fsp3) is 0.522. The maximum absolute atomic E-state index is 5.74. The highest BCUT2D eigenvalue weighted by Gasteiger charge is 2.24. The summed E-state index contributed by atoms with van der Waals surface area (Å²) in [5.41, 5.74) is 0.996. The maximum atomic E-state index is 5.74. The second-order valence-electron chi connectivity index (χ2n) is 7.47. The average Bonchev–Trinajstić information content (AvgIpc) is 3.35. The Balaban J connectivity index is 0.00000363. The normalized spacial score (nSPS) is 15.4. The van der Waals surface area contributed by atoms with Gasteiger partial charge >= 0.3 is 0 Å². The summed E-state index contributed by atoms with van der Waals surface area (Å²) in [6.45, 7) is 3.45. The number of aliphatic imine (C=N–C) groups is 1. The molecule has 1 aromatic heterocycles. The van der Waals surface area contributed by atoms with E-state index in [0.717, 1.165) is 30.4 Å². The van der Waals surface area contributed by atoms with E-state index in [2.05, 4.69) is 20.5 Å². The minimum absolute atomic E-state index is 0. The third kappa shape index (κ3) is 6.68. The zero-order chi connectivity index (χ0) is 22.1. The van der Waals surface area contributed by atoms with Crippen LogP contribution < -0.4 is 24.8 Å². The number of piperidine rings is 1. The van der Waals surface area contributed by atoms with Gasteiger partial charge in [-0.2, -0.15) is 0 Å². The molecule has 1 aromatic carbocycles. The molecule has 0 aliphatic carbocycles. The molecule has 32 heavy (non-hydrogen) atoms. The van der Waals surface area contributed by atoms with E-state index < -0.39 is 0 Å². The summed E-state index contributed by atoms with van der Waals surface area (Å²) in [6.07, 6.45) is 5.49. The second kappa shape index (κ2) is 13.4. The van der Waals surface area contributed by atoms with Crippen molar-refractivity contribution in [3.63, 3.8) is 0 Å². The molecular formula is C23H35IN4O4. The molecule has 1 fully saturated rings. The van der Waals surface area contributed by atoms with Crippen LogP contribution >= 0.6 is 24.0 Å². The van der Waals surface area contributed by atoms with Crippen LogP contribution in [0.2, 0.25) is 0 Å². The van der Waals surface area contributed by atoms with Crippen molar-refractivity contribution in [3.8, 4) is 17.2 Å². The first kappa shape index (κ1) is 26.1. The van der Waals surface area contributed by atoms with Crippen molar-refractivity contribution in [2.45, 2.75) is 31.8 Å². The Bertz CT molecular complexity index is 814. The van der Waals surface area contributed by atoms with Crippen LogP contribution in [0.4, 0.5) is 0 Å². The summed E-state index contributed by atoms with van der Waals surface area (Å²) in [6, 6.07) is 8.04. The van der Waals surface area contributed by atoms with E-state index in [1.54, 1.807) is 34.6 Å². The van der Waals surface area contributed by atoms with Gasteiger partial charge in [0.05, 0.1) is 33.6 Å². The van der Waals surface area contributed by atoms with Gasteiger partial charge in [0, 0.05) is 20.1 Å². The number of hydrogen-bond acceptors (Lipinski definition) is 6. The number of halogens is 1. The van der Waals surface area contributed by atoms with E-state index in [1.165, 1.54) is 19.3 Å². The lowest BCUT2D eigenvalue weighted by Crippen LogP contribution is -2.44. The van der Waals surface area contributed by atoms with Crippen molar-refractivity contribution >= 4 is 29.9 Å². The maximum Gasteiger partial charge on any atom is 0.203 e. The molecule has 1 saturated heterocycles. The van der Waals surface area contributed by atoms with E-state index >= 15 is 0 Å². The van der Waals surface area contributed by atoms with E-state index in [0.29, 0.717) is 30.3 Å². The number of likely N-dealkylation sites (tertiary alicyclic amines) is 1. The lowest BCUT2D eigenvalue weighted by molar-refractivity contribution is 0.146. The average molecular weight is 558 g/mol. The predicted molar refractivity (Wildman–Crippen MR) is 137 cm³/mol. The number of methoxy groups -OCH3 is 3. The lowest BCUT2D eigenvalue weighted by atomic mass is 10.1. The molecule has 0 amide bonds. The summed E-state index contributed by atoms with van der Waals surface area (Å²) in [7, 11) is 6.60. The Labute approximate surface area is 207 Å². The minimum atomic E-state index is 0. The predicted octanol–water partition coefficient (Wildman–Crippen LogP) is 3.82. The van der Waals surface area contributed by atoms with Gasteiger partial charge in [-0.1, -0.05) is 6.42 Å². The molecule has 1 unspecified atom stereocenters. The number of furan rings is 1. The number of nitrogens with zero attached hydrogens (tertiary/aromatic N) is 2. The summed E-state index contributed by atoms with van der Waals surface area (Å²) < 4.78 is 22.0. The summed E-state index contributed by atoms with van der Waals surface area (Å²) in [4.78, 5) is 6.87. The first-order chi connectivity index (χ1) is 15.2. The van der Waals surface area contributed by atoms with Crippen LogP contribution in [0.1, 0.15) is 36.6 Å². The van der Waals surface area contributed by atoms with Gasteiger partial charge in [-0.3, -0.25) is 9.89 Å². The quantitative estimate of drug-likeness (QED) is 0.275. The molecule has 9 heteroatoms. The van der Waals surface area contributed by atoms with E-state index in [1.807, 2.05) is 24.3 Å². The third-order valence-electron chi connectivity index (χ3n) is 5.57. The van der Waals surface area contributed by atoms with Crippen LogP contribution in [0, 0.1) is 0 Å². The highest BCUT2D eigenvalue weighted by Crippen LogP contribution is 2.38. The molecule has 0 spiro atoms. The zero-order valence-electron chi connectivity index (χ0n) is 19.3. The van der Waals surface area contributed by atoms with Gasteiger partial charge in [-0.15, -0.1) is 24.0 Å². The van der Waals surface area contributed by atoms with Crippen molar-refractivity contribution in [1.29, 1.82) is 0 Å². The molecule has 3 rings (SSSR count). The molecule has 0 saturated carbocycles. The Morgan fingerprint density at radius 2 is 1.75 bits per heavy atom. The highest BCUT2D eigenvalue weighted by atomic mass is 127. The molecule has 1 atom stereocenters. The molecule has 0 bridgehead atoms. The largest absolute Gasteiger partial charge is 0.493 e. The SMILES string of the molecule is CN=C(NCc1cc(OC)c(OC)c(OC)c1)NCC(c1ccco1)N1CCCCC1.I. The monoisotopic (exact) mass is 558 g/mol. The Kier molecular flexibility index (Phi) is 10.9. The van der Waals surface area contributed by atoms with Crippen LogP contribution in [0.3, 0.4) is 0 Å². The first-order valence-electron chi connectivity index (χ1n) is 10.7. The zero-order valence-corrected chi connectivity index (χ0v) is 21.7. The minimum Gasteiger partial charge on any atom is -0.493 e. The van der Waals surface area contributed by atoms with Crippen LogP contribution in [0.15, 0.2) is 39.9 Å². The van der Waals surface area contributed by atoms with Gasteiger partial charge in [0.15, 0.2) is 17.5 Å². The van der Waals surface area contributed by atoms with Gasteiger partial charge in [0.25, 0.3) is 0 Å². The van der Waals surface area contributed by atoms with Crippen molar-refractivity contribution in [1.82, 2.24) is 15.5 Å². The molecular weight excluding hydrogens is 523 g/mol. The molecule has 2 N–H and O–H groups in total. The molecule has 1 aliphatic heterocycles. The van der Waals surface area contributed by atoms with Gasteiger partial charge in [0.1, 0.15) is 5.76 Å². The topological polar surface area (TPSA) is 80.5 Å². The first-order valence-corrected chi connectivity index (χ1v) is 10.7. The van der Waals surface area contributed by atoms with Crippen molar-refractivity contribution < 1.29 is 18.6 Å². The third-order valence-corrected chi connectivity index (χ3v) is 5.57. The van der Waals surface area contributed by atoms with Crippen LogP contribution in [0.25, 0.3) is 0 Å². The standard InChI is InChI=1S/C23H34N4O4.HI/c1-24-23(25-15-17-13-20(28-2)22(30-4)21(14-17)29-3)26-16-18(19-9-8-12-31-19)27-10-6-5-7-11-27;/h8-9,12-14,18H,5-7,10-11,15-16H2,1-4H3,(H2,24,25,26);1H. The number of nitrogens with one attached hydrogen (secondary N) is 2. The molecule has 2 heterocycles. The van der Waals surface area contributed by atoms with Gasteiger partial charge in [-0.25, -0.2) is 0 Å². The number of benzene rings is 1. The van der Waals surface area contributed by atoms with Crippen molar-refractivity contribution in [2.24, 2.45) is 4.99 Å². The number of hydrogen-bond donors (Lipinski definition) is 2. The fourth-order valence-electron chi connectivity index (χ4n) is 3.96.